The highest BCUT2D eigenvalue weighted by Crippen LogP contribution is 2.45. The van der Waals surface area contributed by atoms with Gasteiger partial charge in [-0.2, -0.15) is 0 Å². The molecule has 2 heterocycles. The highest BCUT2D eigenvalue weighted by molar-refractivity contribution is 5.97. The number of ether oxygens (including phenoxy) is 1. The van der Waals surface area contributed by atoms with E-state index in [1.54, 1.807) is 4.57 Å². The number of carbonyl (C=O) groups is 1. The summed E-state index contributed by atoms with van der Waals surface area (Å²) in [6.07, 6.45) is 3.09. The number of benzene rings is 1. The van der Waals surface area contributed by atoms with Crippen molar-refractivity contribution in [2.75, 3.05) is 25.1 Å². The topological polar surface area (TPSA) is 97.8 Å². The van der Waals surface area contributed by atoms with E-state index in [2.05, 4.69) is 0 Å². The van der Waals surface area contributed by atoms with Gasteiger partial charge in [0.05, 0.1) is 18.0 Å². The maximum Gasteiger partial charge on any atom is 0.341 e. The number of aromatic carboxylic acids is 1. The van der Waals surface area contributed by atoms with Gasteiger partial charge < -0.3 is 25.0 Å². The van der Waals surface area contributed by atoms with E-state index in [9.17, 15) is 14.7 Å². The van der Waals surface area contributed by atoms with Crippen molar-refractivity contribution in [1.82, 2.24) is 4.57 Å². The van der Waals surface area contributed by atoms with Crippen molar-refractivity contribution < 1.29 is 19.0 Å². The molecule has 150 valence electrons. The van der Waals surface area contributed by atoms with Crippen LogP contribution in [0.25, 0.3) is 10.9 Å². The third-order valence-corrected chi connectivity index (χ3v) is 5.91. The Hall–Kier alpha value is -2.61. The fourth-order valence-corrected chi connectivity index (χ4v) is 4.05. The summed E-state index contributed by atoms with van der Waals surface area (Å²) in [5.41, 5.74) is 5.68. The largest absolute Gasteiger partial charge is 0.492 e. The van der Waals surface area contributed by atoms with Crippen molar-refractivity contribution in [1.29, 1.82) is 0 Å². The number of pyridine rings is 1. The molecule has 4 rings (SSSR count). The third-order valence-electron chi connectivity index (χ3n) is 5.91. The number of aromatic nitrogens is 1. The van der Waals surface area contributed by atoms with Crippen LogP contribution in [-0.2, 0) is 0 Å². The Balaban J connectivity index is 2.03. The molecular weight excluding hydrogens is 365 g/mol. The first-order valence-corrected chi connectivity index (χ1v) is 9.35. The van der Waals surface area contributed by atoms with E-state index in [1.165, 1.54) is 13.3 Å². The number of carboxylic acids is 1. The molecule has 0 amide bonds. The Bertz CT molecular complexity index is 1040. The fourth-order valence-electron chi connectivity index (χ4n) is 4.05. The summed E-state index contributed by atoms with van der Waals surface area (Å²) in [5, 5.41) is 9.42. The van der Waals surface area contributed by atoms with E-state index in [4.69, 9.17) is 10.5 Å². The molecule has 3 N–H and O–H groups in total. The van der Waals surface area contributed by atoms with Gasteiger partial charge in [-0.3, -0.25) is 4.79 Å². The lowest BCUT2D eigenvalue weighted by Crippen LogP contribution is -2.35. The number of anilines is 1. The molecule has 2 aliphatic rings. The van der Waals surface area contributed by atoms with Crippen LogP contribution in [0, 0.1) is 11.2 Å². The highest BCUT2D eigenvalue weighted by atomic mass is 19.1. The lowest BCUT2D eigenvalue weighted by molar-refractivity contribution is 0.0695. The molecule has 8 heteroatoms. The lowest BCUT2D eigenvalue weighted by atomic mass is 9.89. The van der Waals surface area contributed by atoms with E-state index in [1.807, 2.05) is 18.7 Å². The Morgan fingerprint density at radius 2 is 2.07 bits per heavy atom. The van der Waals surface area contributed by atoms with Crippen LogP contribution in [0.4, 0.5) is 10.1 Å². The van der Waals surface area contributed by atoms with E-state index in [-0.39, 0.29) is 39.9 Å². The number of hydrogen-bond donors (Lipinski definition) is 2. The number of nitrogens with two attached hydrogens (primary N) is 1. The third kappa shape index (κ3) is 2.74. The van der Waals surface area contributed by atoms with Gasteiger partial charge in [-0.15, -0.1) is 0 Å². The van der Waals surface area contributed by atoms with Gasteiger partial charge in [0.2, 0.25) is 5.43 Å². The van der Waals surface area contributed by atoms with Gasteiger partial charge in [-0.05, 0) is 24.3 Å². The number of hydrogen-bond acceptors (Lipinski definition) is 5. The molecule has 2 aromatic rings. The van der Waals surface area contributed by atoms with Crippen molar-refractivity contribution in [2.45, 2.75) is 38.8 Å². The Labute approximate surface area is 161 Å². The number of methoxy groups -OCH3 is 1. The average Bonchev–Trinajstić information content (AvgIpc) is 3.41. The predicted molar refractivity (Wildman–Crippen MR) is 104 cm³/mol. The maximum atomic E-state index is 15.2. The summed E-state index contributed by atoms with van der Waals surface area (Å²) in [5.74, 6) is -1.69. The molecule has 2 fully saturated rings. The lowest BCUT2D eigenvalue weighted by Gasteiger charge is -2.26. The number of halogens is 1. The van der Waals surface area contributed by atoms with Crippen molar-refractivity contribution in [3.8, 4) is 5.75 Å². The summed E-state index contributed by atoms with van der Waals surface area (Å²) in [4.78, 5) is 26.1. The van der Waals surface area contributed by atoms with Crippen molar-refractivity contribution in [3.05, 3.63) is 33.9 Å². The number of nitrogens with zero attached hydrogens (tertiary/aromatic N) is 2. The number of rotatable bonds is 4. The van der Waals surface area contributed by atoms with Gasteiger partial charge in [0.15, 0.2) is 11.6 Å². The smallest absolute Gasteiger partial charge is 0.341 e. The molecule has 1 aliphatic carbocycles. The minimum absolute atomic E-state index is 0.0210. The Morgan fingerprint density at radius 1 is 1.39 bits per heavy atom. The zero-order chi connectivity index (χ0) is 20.4. The SMILES string of the molecule is COc1c(N2C[C@H](N)C(C)(C)C2)c(F)cc2c(=O)c(C(=O)O)cn(C3CC3)c12. The fraction of sp³-hybridized carbons (Fsp3) is 0.500. The molecule has 0 radical (unpaired) electrons. The summed E-state index contributed by atoms with van der Waals surface area (Å²) >= 11 is 0. The normalized spacial score (nSPS) is 21.3. The predicted octanol–water partition coefficient (Wildman–Crippen LogP) is 2.36. The molecule has 1 aromatic heterocycles. The Kier molecular flexibility index (Phi) is 4.15. The molecule has 1 aliphatic heterocycles. The van der Waals surface area contributed by atoms with Crippen LogP contribution < -0.4 is 20.8 Å². The summed E-state index contributed by atoms with van der Waals surface area (Å²) in [6, 6.07) is 1.08. The number of carboxylic acid groups (broad SMARTS) is 1. The van der Waals surface area contributed by atoms with Crippen LogP contribution in [0.15, 0.2) is 17.1 Å². The zero-order valence-corrected chi connectivity index (χ0v) is 16.2. The molecule has 1 saturated carbocycles. The molecule has 7 nitrogen and oxygen atoms in total. The van der Waals surface area contributed by atoms with Crippen molar-refractivity contribution in [3.63, 3.8) is 0 Å². The second-order valence-electron chi connectivity index (χ2n) is 8.43. The van der Waals surface area contributed by atoms with Crippen LogP contribution in [0.3, 0.4) is 0 Å². The van der Waals surface area contributed by atoms with Crippen LogP contribution in [-0.4, -0.2) is 41.9 Å². The van der Waals surface area contributed by atoms with Gasteiger partial charge in [-0.25, -0.2) is 9.18 Å². The summed E-state index contributed by atoms with van der Waals surface area (Å²) < 4.78 is 22.6. The van der Waals surface area contributed by atoms with E-state index < -0.39 is 17.2 Å². The first-order chi connectivity index (χ1) is 13.2. The quantitative estimate of drug-likeness (QED) is 0.833. The van der Waals surface area contributed by atoms with Gasteiger partial charge in [0.1, 0.15) is 11.3 Å². The monoisotopic (exact) mass is 389 g/mol. The van der Waals surface area contributed by atoms with E-state index in [0.717, 1.165) is 18.9 Å². The average molecular weight is 389 g/mol. The van der Waals surface area contributed by atoms with Crippen LogP contribution in [0.1, 0.15) is 43.1 Å². The van der Waals surface area contributed by atoms with E-state index in [0.29, 0.717) is 18.6 Å². The molecule has 0 spiro atoms. The van der Waals surface area contributed by atoms with Crippen molar-refractivity contribution in [2.24, 2.45) is 11.1 Å². The van der Waals surface area contributed by atoms with Gasteiger partial charge in [0, 0.05) is 31.4 Å². The minimum Gasteiger partial charge on any atom is -0.492 e. The van der Waals surface area contributed by atoms with Crippen molar-refractivity contribution >= 4 is 22.6 Å². The zero-order valence-electron chi connectivity index (χ0n) is 16.2. The molecule has 28 heavy (non-hydrogen) atoms. The number of fused-ring (bicyclic) bond motifs is 1. The molecule has 1 atom stereocenters. The van der Waals surface area contributed by atoms with Crippen LogP contribution >= 0.6 is 0 Å². The molecular formula is C20H24FN3O4. The van der Waals surface area contributed by atoms with Gasteiger partial charge in [0.25, 0.3) is 0 Å². The second-order valence-corrected chi connectivity index (χ2v) is 8.43. The summed E-state index contributed by atoms with van der Waals surface area (Å²) in [6.45, 7) is 5.07. The molecule has 0 unspecified atom stereocenters. The molecule has 1 saturated heterocycles. The highest BCUT2D eigenvalue weighted by Gasteiger charge is 2.40. The van der Waals surface area contributed by atoms with Gasteiger partial charge in [-0.1, -0.05) is 13.8 Å². The summed E-state index contributed by atoms with van der Waals surface area (Å²) in [7, 11) is 1.44. The van der Waals surface area contributed by atoms with E-state index >= 15 is 4.39 Å². The standard InChI is InChI=1S/C20H24FN3O4/c1-20(2)9-23(8-14(20)22)16-13(21)6-11-15(18(16)28-3)24(10-4-5-10)7-12(17(11)25)19(26)27/h6-7,10,14H,4-5,8-9,22H2,1-3H3,(H,26,27)/t14-/m0/s1. The Morgan fingerprint density at radius 3 is 2.57 bits per heavy atom. The molecule has 1 aromatic carbocycles. The minimum atomic E-state index is -1.32. The van der Waals surface area contributed by atoms with Crippen LogP contribution in [0.5, 0.6) is 5.75 Å². The molecule has 0 bridgehead atoms. The second kappa shape index (κ2) is 6.20. The first kappa shape index (κ1) is 18.7. The van der Waals surface area contributed by atoms with Crippen LogP contribution in [0.2, 0.25) is 0 Å². The van der Waals surface area contributed by atoms with Gasteiger partial charge >= 0.3 is 5.97 Å². The first-order valence-electron chi connectivity index (χ1n) is 9.35. The maximum absolute atomic E-state index is 15.2.